The maximum Gasteiger partial charge on any atom is 0.415 e. The zero-order valence-electron chi connectivity index (χ0n) is 12.6. The minimum atomic E-state index is -0.924. The van der Waals surface area contributed by atoms with Gasteiger partial charge in [0.1, 0.15) is 0 Å². The second-order valence-electron chi connectivity index (χ2n) is 5.83. The number of nitrogens with one attached hydrogen (secondary N) is 3. The molecule has 4 amide bonds. The van der Waals surface area contributed by atoms with Gasteiger partial charge in [-0.2, -0.15) is 0 Å². The van der Waals surface area contributed by atoms with Gasteiger partial charge in [-0.3, -0.25) is 10.1 Å². The third-order valence-corrected chi connectivity index (χ3v) is 4.10. The molecule has 1 aromatic rings. The molecule has 1 aliphatic heterocycles. The molecule has 1 saturated heterocycles. The molecule has 0 aromatic heterocycles. The number of amides is 4. The van der Waals surface area contributed by atoms with E-state index in [4.69, 9.17) is 4.74 Å². The van der Waals surface area contributed by atoms with Crippen LogP contribution in [-0.4, -0.2) is 24.1 Å². The van der Waals surface area contributed by atoms with Crippen LogP contribution in [0.5, 0.6) is 0 Å². The molecule has 3 N–H and O–H groups in total. The van der Waals surface area contributed by atoms with Gasteiger partial charge in [-0.15, -0.1) is 0 Å². The second-order valence-corrected chi connectivity index (χ2v) is 5.83. The van der Waals surface area contributed by atoms with Crippen LogP contribution in [0.15, 0.2) is 24.3 Å². The Morgan fingerprint density at radius 1 is 1.09 bits per heavy atom. The number of urea groups is 1. The van der Waals surface area contributed by atoms with Crippen LogP contribution in [0.3, 0.4) is 0 Å². The Morgan fingerprint density at radius 3 is 2.39 bits per heavy atom. The van der Waals surface area contributed by atoms with Crippen molar-refractivity contribution in [3.05, 3.63) is 29.8 Å². The first-order valence-electron chi connectivity index (χ1n) is 7.81. The van der Waals surface area contributed by atoms with Gasteiger partial charge in [-0.1, -0.05) is 31.4 Å². The Labute approximate surface area is 133 Å². The summed E-state index contributed by atoms with van der Waals surface area (Å²) in [7, 11) is 0. The summed E-state index contributed by atoms with van der Waals surface area (Å²) in [5, 5.41) is 7.81. The molecule has 3 rings (SSSR count). The molecule has 1 saturated carbocycles. The molecule has 1 unspecified atom stereocenters. The van der Waals surface area contributed by atoms with Crippen LogP contribution in [0.2, 0.25) is 0 Å². The summed E-state index contributed by atoms with van der Waals surface area (Å²) in [6.45, 7) is 0. The van der Waals surface area contributed by atoms with Gasteiger partial charge in [0.15, 0.2) is 0 Å². The van der Waals surface area contributed by atoms with E-state index < -0.39 is 18.1 Å². The molecule has 7 heteroatoms. The van der Waals surface area contributed by atoms with Crippen LogP contribution >= 0.6 is 0 Å². The quantitative estimate of drug-likeness (QED) is 0.797. The van der Waals surface area contributed by atoms with E-state index in [1.54, 1.807) is 24.3 Å². The van der Waals surface area contributed by atoms with E-state index in [-0.39, 0.29) is 12.1 Å². The number of rotatable bonds is 3. The summed E-state index contributed by atoms with van der Waals surface area (Å²) in [4.78, 5) is 34.5. The van der Waals surface area contributed by atoms with Crippen molar-refractivity contribution in [2.24, 2.45) is 0 Å². The van der Waals surface area contributed by atoms with Gasteiger partial charge in [0, 0.05) is 17.3 Å². The van der Waals surface area contributed by atoms with Crippen LogP contribution in [-0.2, 0) is 9.53 Å². The number of anilines is 1. The van der Waals surface area contributed by atoms with Crippen LogP contribution in [0.4, 0.5) is 15.3 Å². The number of alkyl carbamates (subject to hydrolysis) is 1. The number of carbonyl (C=O) groups is 3. The lowest BCUT2D eigenvalue weighted by Gasteiger charge is -2.22. The predicted molar refractivity (Wildman–Crippen MR) is 82.8 cm³/mol. The molecular weight excluding hydrogens is 298 g/mol. The highest BCUT2D eigenvalue weighted by atomic mass is 16.6. The van der Waals surface area contributed by atoms with Crippen molar-refractivity contribution in [1.82, 2.24) is 10.6 Å². The summed E-state index contributed by atoms with van der Waals surface area (Å²) in [6, 6.07) is 6.67. The first kappa shape index (κ1) is 15.3. The molecule has 0 bridgehead atoms. The molecule has 1 aliphatic carbocycles. The number of hydrogen-bond donors (Lipinski definition) is 3. The Balaban J connectivity index is 1.55. The molecule has 2 aliphatic rings. The fourth-order valence-electron chi connectivity index (χ4n) is 2.92. The van der Waals surface area contributed by atoms with E-state index in [1.807, 2.05) is 0 Å². The van der Waals surface area contributed by atoms with E-state index in [2.05, 4.69) is 16.0 Å². The van der Waals surface area contributed by atoms with Crippen molar-refractivity contribution in [1.29, 1.82) is 0 Å². The third kappa shape index (κ3) is 3.80. The average Bonchev–Trinajstić information content (AvgIpc) is 2.87. The molecule has 0 radical (unpaired) electrons. The fraction of sp³-hybridized carbons (Fsp3) is 0.438. The van der Waals surface area contributed by atoms with Crippen molar-refractivity contribution < 1.29 is 19.1 Å². The maximum absolute atomic E-state index is 12.0. The normalized spacial score (nSPS) is 21.5. The molecule has 1 aromatic carbocycles. The smallest absolute Gasteiger partial charge is 0.415 e. The number of imide groups is 1. The van der Waals surface area contributed by atoms with Gasteiger partial charge in [0.05, 0.1) is 0 Å². The highest BCUT2D eigenvalue weighted by Crippen LogP contribution is 2.23. The van der Waals surface area contributed by atoms with Crippen molar-refractivity contribution in [2.75, 3.05) is 5.32 Å². The van der Waals surface area contributed by atoms with E-state index in [1.165, 1.54) is 6.42 Å². The standard InChI is InChI=1S/C16H19N3O4/c20-14-13(23-16(22)19-14)10-6-8-12(9-7-10)18-15(21)17-11-4-2-1-3-5-11/h6-9,11,13H,1-5H2,(H2,17,18,21)(H,19,20,22). The Bertz CT molecular complexity index is 608. The molecule has 1 atom stereocenters. The first-order valence-corrected chi connectivity index (χ1v) is 7.81. The molecule has 2 fully saturated rings. The number of cyclic esters (lactones) is 1. The van der Waals surface area contributed by atoms with Gasteiger partial charge in [0.2, 0.25) is 6.10 Å². The zero-order chi connectivity index (χ0) is 16.2. The molecule has 7 nitrogen and oxygen atoms in total. The summed E-state index contributed by atoms with van der Waals surface area (Å²) in [5.41, 5.74) is 1.18. The van der Waals surface area contributed by atoms with Crippen molar-refractivity contribution >= 4 is 23.7 Å². The van der Waals surface area contributed by atoms with Crippen molar-refractivity contribution in [3.63, 3.8) is 0 Å². The second kappa shape index (κ2) is 6.68. The number of hydrogen-bond acceptors (Lipinski definition) is 4. The fourth-order valence-corrected chi connectivity index (χ4v) is 2.92. The lowest BCUT2D eigenvalue weighted by Crippen LogP contribution is -2.39. The Hall–Kier alpha value is -2.57. The summed E-state index contributed by atoms with van der Waals surface area (Å²) in [5.74, 6) is -0.481. The van der Waals surface area contributed by atoms with Gasteiger partial charge in [0.25, 0.3) is 5.91 Å². The van der Waals surface area contributed by atoms with Gasteiger partial charge >= 0.3 is 12.1 Å². The summed E-state index contributed by atoms with van der Waals surface area (Å²) >= 11 is 0. The molecule has 122 valence electrons. The van der Waals surface area contributed by atoms with Gasteiger partial charge in [-0.25, -0.2) is 9.59 Å². The van der Waals surface area contributed by atoms with Crippen LogP contribution in [0.1, 0.15) is 43.8 Å². The van der Waals surface area contributed by atoms with E-state index in [0.717, 1.165) is 25.7 Å². The van der Waals surface area contributed by atoms with Gasteiger partial charge < -0.3 is 15.4 Å². The molecule has 1 heterocycles. The summed E-state index contributed by atoms with van der Waals surface area (Å²) < 4.78 is 4.88. The molecule has 23 heavy (non-hydrogen) atoms. The van der Waals surface area contributed by atoms with E-state index in [9.17, 15) is 14.4 Å². The van der Waals surface area contributed by atoms with Crippen LogP contribution in [0, 0.1) is 0 Å². The third-order valence-electron chi connectivity index (χ3n) is 4.10. The molecular formula is C16H19N3O4. The monoisotopic (exact) mass is 317 g/mol. The lowest BCUT2D eigenvalue weighted by atomic mass is 9.96. The minimum absolute atomic E-state index is 0.227. The summed E-state index contributed by atoms with van der Waals surface area (Å²) in [6.07, 6.45) is 3.93. The zero-order valence-corrected chi connectivity index (χ0v) is 12.6. The van der Waals surface area contributed by atoms with Gasteiger partial charge in [-0.05, 0) is 25.0 Å². The minimum Gasteiger partial charge on any atom is -0.431 e. The Kier molecular flexibility index (Phi) is 4.45. The highest BCUT2D eigenvalue weighted by molar-refractivity contribution is 6.00. The SMILES string of the molecule is O=C(Nc1ccc(C2OC(=O)NC2=O)cc1)NC1CCCCC1. The first-order chi connectivity index (χ1) is 11.1. The van der Waals surface area contributed by atoms with Crippen molar-refractivity contribution in [3.8, 4) is 0 Å². The largest absolute Gasteiger partial charge is 0.431 e. The van der Waals surface area contributed by atoms with Crippen molar-refractivity contribution in [2.45, 2.75) is 44.2 Å². The molecule has 0 spiro atoms. The van der Waals surface area contributed by atoms with E-state index in [0.29, 0.717) is 11.3 Å². The maximum atomic E-state index is 12.0. The van der Waals surface area contributed by atoms with Crippen LogP contribution < -0.4 is 16.0 Å². The topological polar surface area (TPSA) is 96.5 Å². The average molecular weight is 317 g/mol. The number of carbonyl (C=O) groups excluding carboxylic acids is 3. The Morgan fingerprint density at radius 2 is 1.78 bits per heavy atom. The highest BCUT2D eigenvalue weighted by Gasteiger charge is 2.33. The predicted octanol–water partition coefficient (Wildman–Crippen LogP) is 2.45. The lowest BCUT2D eigenvalue weighted by molar-refractivity contribution is -0.123. The number of ether oxygens (including phenoxy) is 1. The number of benzene rings is 1. The van der Waals surface area contributed by atoms with E-state index >= 15 is 0 Å². The van der Waals surface area contributed by atoms with Crippen LogP contribution in [0.25, 0.3) is 0 Å².